The van der Waals surface area contributed by atoms with Gasteiger partial charge in [0.25, 0.3) is 0 Å². The minimum Gasteiger partial charge on any atom is -0.382 e. The van der Waals surface area contributed by atoms with Crippen LogP contribution in [-0.4, -0.2) is 39.7 Å². The van der Waals surface area contributed by atoms with E-state index in [0.29, 0.717) is 24.2 Å². The molecule has 21 heavy (non-hydrogen) atoms. The van der Waals surface area contributed by atoms with Crippen LogP contribution in [-0.2, 0) is 19.3 Å². The quantitative estimate of drug-likeness (QED) is 0.927. The first-order chi connectivity index (χ1) is 9.97. The van der Waals surface area contributed by atoms with Crippen molar-refractivity contribution >= 4 is 15.5 Å². The van der Waals surface area contributed by atoms with Crippen LogP contribution >= 0.6 is 0 Å². The average molecular weight is 311 g/mol. The van der Waals surface area contributed by atoms with Gasteiger partial charge in [0.2, 0.25) is 0 Å². The van der Waals surface area contributed by atoms with Crippen molar-refractivity contribution in [2.45, 2.75) is 42.4 Å². The molecule has 2 fully saturated rings. The Morgan fingerprint density at radius 1 is 1.10 bits per heavy atom. The van der Waals surface area contributed by atoms with Crippen LogP contribution in [0.15, 0.2) is 29.2 Å². The van der Waals surface area contributed by atoms with E-state index in [1.165, 1.54) is 6.26 Å². The highest BCUT2D eigenvalue weighted by Crippen LogP contribution is 2.36. The summed E-state index contributed by atoms with van der Waals surface area (Å²) in [4.78, 5) is 0.350. The Bertz CT molecular complexity index is 581. The highest BCUT2D eigenvalue weighted by atomic mass is 32.2. The van der Waals surface area contributed by atoms with E-state index in [9.17, 15) is 8.42 Å². The van der Waals surface area contributed by atoms with E-state index in [2.05, 4.69) is 5.32 Å². The molecule has 6 heteroatoms. The topological polar surface area (TPSA) is 64.6 Å². The fourth-order valence-electron chi connectivity index (χ4n) is 3.02. The van der Waals surface area contributed by atoms with Crippen molar-refractivity contribution < 1.29 is 17.9 Å². The van der Waals surface area contributed by atoms with Gasteiger partial charge in [-0.2, -0.15) is 0 Å². The zero-order valence-corrected chi connectivity index (χ0v) is 13.0. The number of sulfone groups is 1. The van der Waals surface area contributed by atoms with Crippen LogP contribution in [0.2, 0.25) is 0 Å². The number of anilines is 1. The predicted octanol–water partition coefficient (Wildman–Crippen LogP) is 2.19. The van der Waals surface area contributed by atoms with Gasteiger partial charge < -0.3 is 14.8 Å². The number of rotatable bonds is 3. The molecule has 0 bridgehead atoms. The van der Waals surface area contributed by atoms with E-state index >= 15 is 0 Å². The number of hydrogen-bond donors (Lipinski definition) is 1. The molecule has 1 saturated carbocycles. The van der Waals surface area contributed by atoms with E-state index in [1.807, 2.05) is 12.1 Å². The van der Waals surface area contributed by atoms with Gasteiger partial charge in [-0.05, 0) is 37.1 Å². The van der Waals surface area contributed by atoms with Crippen LogP contribution in [0.3, 0.4) is 0 Å². The summed E-state index contributed by atoms with van der Waals surface area (Å²) in [6, 6.07) is 7.32. The molecule has 1 heterocycles. The average Bonchev–Trinajstić information content (AvgIpc) is 2.90. The SMILES string of the molecule is CS(=O)(=O)c1ccc(NC2CCC3(CC2)OCCO3)cc1. The molecule has 2 aliphatic rings. The Kier molecular flexibility index (Phi) is 3.94. The lowest BCUT2D eigenvalue weighted by atomic mass is 9.90. The largest absolute Gasteiger partial charge is 0.382 e. The van der Waals surface area contributed by atoms with Gasteiger partial charge in [0.05, 0.1) is 18.1 Å². The van der Waals surface area contributed by atoms with Gasteiger partial charge in [0.1, 0.15) is 0 Å². The fraction of sp³-hybridized carbons (Fsp3) is 0.600. The molecular formula is C15H21NO4S. The number of ether oxygens (including phenoxy) is 2. The van der Waals surface area contributed by atoms with Gasteiger partial charge in [-0.1, -0.05) is 0 Å². The molecule has 0 amide bonds. The highest BCUT2D eigenvalue weighted by Gasteiger charge is 2.40. The maximum atomic E-state index is 11.4. The molecule has 0 atom stereocenters. The Morgan fingerprint density at radius 3 is 2.19 bits per heavy atom. The number of hydrogen-bond acceptors (Lipinski definition) is 5. The normalized spacial score (nSPS) is 22.5. The minimum absolute atomic E-state index is 0.335. The molecule has 3 rings (SSSR count). The van der Waals surface area contributed by atoms with Crippen molar-refractivity contribution in [1.82, 2.24) is 0 Å². The van der Waals surface area contributed by atoms with E-state index in [0.717, 1.165) is 31.4 Å². The smallest absolute Gasteiger partial charge is 0.175 e. The molecule has 0 aromatic heterocycles. The Morgan fingerprint density at radius 2 is 1.67 bits per heavy atom. The first-order valence-electron chi connectivity index (χ1n) is 7.31. The van der Waals surface area contributed by atoms with Crippen molar-refractivity contribution in [2.24, 2.45) is 0 Å². The molecule has 1 aromatic carbocycles. The van der Waals surface area contributed by atoms with Gasteiger partial charge in [0.15, 0.2) is 15.6 Å². The number of nitrogens with one attached hydrogen (secondary N) is 1. The van der Waals surface area contributed by atoms with Crippen LogP contribution in [0.5, 0.6) is 0 Å². The van der Waals surface area contributed by atoms with Crippen molar-refractivity contribution in [3.05, 3.63) is 24.3 Å². The summed E-state index contributed by atoms with van der Waals surface area (Å²) in [6.45, 7) is 1.40. The molecule has 1 aromatic rings. The minimum atomic E-state index is -3.13. The highest BCUT2D eigenvalue weighted by molar-refractivity contribution is 7.90. The van der Waals surface area contributed by atoms with Gasteiger partial charge in [-0.15, -0.1) is 0 Å². The molecule has 1 spiro atoms. The lowest BCUT2D eigenvalue weighted by Gasteiger charge is -2.36. The van der Waals surface area contributed by atoms with Crippen molar-refractivity contribution in [3.8, 4) is 0 Å². The summed E-state index contributed by atoms with van der Waals surface area (Å²) in [5, 5.41) is 3.46. The Hall–Kier alpha value is -1.11. The van der Waals surface area contributed by atoms with Crippen molar-refractivity contribution in [3.63, 3.8) is 0 Å². The van der Waals surface area contributed by atoms with Gasteiger partial charge >= 0.3 is 0 Å². The summed E-state index contributed by atoms with van der Waals surface area (Å²) in [6.07, 6.45) is 5.03. The standard InChI is InChI=1S/C15H21NO4S/c1-21(17,18)14-4-2-12(3-5-14)16-13-6-8-15(9-7-13)19-10-11-20-15/h2-5,13,16H,6-11H2,1H3. The zero-order chi connectivity index (χ0) is 14.9. The summed E-state index contributed by atoms with van der Waals surface area (Å²) in [5.41, 5.74) is 0.955. The molecule has 0 unspecified atom stereocenters. The fourth-order valence-corrected chi connectivity index (χ4v) is 3.65. The maximum absolute atomic E-state index is 11.4. The first kappa shape index (κ1) is 14.8. The third-order valence-corrected chi connectivity index (χ3v) is 5.34. The molecular weight excluding hydrogens is 290 g/mol. The van der Waals surface area contributed by atoms with Gasteiger partial charge in [-0.3, -0.25) is 0 Å². The van der Waals surface area contributed by atoms with E-state index in [1.54, 1.807) is 12.1 Å². The Balaban J connectivity index is 1.58. The van der Waals surface area contributed by atoms with Crippen LogP contribution in [0.1, 0.15) is 25.7 Å². The third-order valence-electron chi connectivity index (χ3n) is 4.21. The second-order valence-corrected chi connectivity index (χ2v) is 7.84. The summed E-state index contributed by atoms with van der Waals surface area (Å²) >= 11 is 0. The maximum Gasteiger partial charge on any atom is 0.175 e. The lowest BCUT2D eigenvalue weighted by Crippen LogP contribution is -2.39. The lowest BCUT2D eigenvalue weighted by molar-refractivity contribution is -0.177. The number of benzene rings is 1. The zero-order valence-electron chi connectivity index (χ0n) is 12.2. The molecule has 0 radical (unpaired) electrons. The van der Waals surface area contributed by atoms with Crippen molar-refractivity contribution in [2.75, 3.05) is 24.8 Å². The summed E-state index contributed by atoms with van der Waals surface area (Å²) in [7, 11) is -3.13. The van der Waals surface area contributed by atoms with Crippen LogP contribution in [0.4, 0.5) is 5.69 Å². The molecule has 1 saturated heterocycles. The van der Waals surface area contributed by atoms with E-state index in [-0.39, 0.29) is 5.79 Å². The summed E-state index contributed by atoms with van der Waals surface area (Å²) < 4.78 is 34.3. The second kappa shape index (κ2) is 5.59. The second-order valence-electron chi connectivity index (χ2n) is 5.82. The molecule has 1 aliphatic carbocycles. The van der Waals surface area contributed by atoms with Crippen LogP contribution in [0, 0.1) is 0 Å². The van der Waals surface area contributed by atoms with Gasteiger partial charge in [0, 0.05) is 30.8 Å². The summed E-state index contributed by atoms with van der Waals surface area (Å²) in [5.74, 6) is -0.335. The Labute approximate surface area is 125 Å². The molecule has 116 valence electrons. The van der Waals surface area contributed by atoms with E-state index < -0.39 is 9.84 Å². The van der Waals surface area contributed by atoms with Crippen molar-refractivity contribution in [1.29, 1.82) is 0 Å². The monoisotopic (exact) mass is 311 g/mol. The van der Waals surface area contributed by atoms with Gasteiger partial charge in [-0.25, -0.2) is 8.42 Å². The first-order valence-corrected chi connectivity index (χ1v) is 9.21. The molecule has 1 N–H and O–H groups in total. The van der Waals surface area contributed by atoms with Crippen LogP contribution < -0.4 is 5.32 Å². The molecule has 1 aliphatic heterocycles. The predicted molar refractivity (Wildman–Crippen MR) is 80.1 cm³/mol. The molecule has 5 nitrogen and oxygen atoms in total. The van der Waals surface area contributed by atoms with Crippen LogP contribution in [0.25, 0.3) is 0 Å². The van der Waals surface area contributed by atoms with E-state index in [4.69, 9.17) is 9.47 Å². The third kappa shape index (κ3) is 3.39.